The first-order chi connectivity index (χ1) is 7.96. The van der Waals surface area contributed by atoms with E-state index in [9.17, 15) is 8.42 Å². The zero-order valence-corrected chi connectivity index (χ0v) is 11.3. The molecule has 94 valence electrons. The third kappa shape index (κ3) is 2.11. The number of nitrogens with one attached hydrogen (secondary N) is 1. The van der Waals surface area contributed by atoms with Gasteiger partial charge in [-0.3, -0.25) is 0 Å². The molecule has 0 fully saturated rings. The molecule has 1 N–H and O–H groups in total. The monoisotopic (exact) mass is 253 g/mol. The molecule has 1 aliphatic rings. The molecule has 0 saturated heterocycles. The van der Waals surface area contributed by atoms with Crippen LogP contribution in [0.25, 0.3) is 0 Å². The van der Waals surface area contributed by atoms with Crippen molar-refractivity contribution in [1.29, 1.82) is 0 Å². The van der Waals surface area contributed by atoms with Gasteiger partial charge in [-0.05, 0) is 44.9 Å². The zero-order chi connectivity index (χ0) is 12.6. The lowest BCUT2D eigenvalue weighted by atomic mass is 10.0. The molecule has 1 aliphatic heterocycles. The highest BCUT2D eigenvalue weighted by molar-refractivity contribution is 7.92. The number of hydrogen-bond donors (Lipinski definition) is 1. The Balaban J connectivity index is 2.49. The van der Waals surface area contributed by atoms with Crippen LogP contribution in [0.3, 0.4) is 0 Å². The van der Waals surface area contributed by atoms with E-state index in [1.807, 2.05) is 25.2 Å². The average Bonchev–Trinajstić information content (AvgIpc) is 2.51. The highest BCUT2D eigenvalue weighted by atomic mass is 32.2. The fourth-order valence-corrected chi connectivity index (χ4v) is 4.21. The minimum absolute atomic E-state index is 0.274. The van der Waals surface area contributed by atoms with Crippen molar-refractivity contribution in [2.24, 2.45) is 0 Å². The van der Waals surface area contributed by atoms with E-state index < -0.39 is 9.84 Å². The normalized spacial score (nSPS) is 23.4. The zero-order valence-electron chi connectivity index (χ0n) is 10.5. The summed E-state index contributed by atoms with van der Waals surface area (Å²) < 4.78 is 24.5. The van der Waals surface area contributed by atoms with E-state index in [4.69, 9.17) is 0 Å². The highest BCUT2D eigenvalue weighted by Gasteiger charge is 2.35. The summed E-state index contributed by atoms with van der Waals surface area (Å²) in [6, 6.07) is 6.11. The molecular weight excluding hydrogens is 234 g/mol. The van der Waals surface area contributed by atoms with Crippen LogP contribution in [0.5, 0.6) is 0 Å². The van der Waals surface area contributed by atoms with Gasteiger partial charge in [-0.25, -0.2) is 8.42 Å². The summed E-state index contributed by atoms with van der Waals surface area (Å²) in [5, 5.41) is 2.87. The number of fused-ring (bicyclic) bond motifs is 1. The summed E-state index contributed by atoms with van der Waals surface area (Å²) in [6.07, 6.45) is 1.41. The van der Waals surface area contributed by atoms with Crippen molar-refractivity contribution in [3.63, 3.8) is 0 Å². The van der Waals surface area contributed by atoms with Crippen molar-refractivity contribution in [3.8, 4) is 0 Å². The van der Waals surface area contributed by atoms with Crippen LogP contribution < -0.4 is 5.32 Å². The minimum atomic E-state index is -3.10. The fraction of sp³-hybridized carbons (Fsp3) is 0.538. The van der Waals surface area contributed by atoms with E-state index >= 15 is 0 Å². The first-order valence-corrected chi connectivity index (χ1v) is 7.53. The van der Waals surface area contributed by atoms with Crippen LogP contribution >= 0.6 is 0 Å². The lowest BCUT2D eigenvalue weighted by Crippen LogP contribution is -2.24. The van der Waals surface area contributed by atoms with Gasteiger partial charge in [0.2, 0.25) is 0 Å². The summed E-state index contributed by atoms with van der Waals surface area (Å²) in [5.41, 5.74) is 1.94. The van der Waals surface area contributed by atoms with E-state index in [1.54, 1.807) is 6.92 Å². The highest BCUT2D eigenvalue weighted by Crippen LogP contribution is 2.34. The maximum absolute atomic E-state index is 12.3. The van der Waals surface area contributed by atoms with Gasteiger partial charge in [-0.2, -0.15) is 0 Å². The summed E-state index contributed by atoms with van der Waals surface area (Å²) in [5.74, 6) is 0. The summed E-state index contributed by atoms with van der Waals surface area (Å²) in [7, 11) is -1.20. The van der Waals surface area contributed by atoms with Crippen LogP contribution in [0, 0.1) is 0 Å². The molecule has 0 spiro atoms. The molecule has 0 bridgehead atoms. The predicted octanol–water partition coefficient (Wildman–Crippen LogP) is 1.56. The van der Waals surface area contributed by atoms with Crippen LogP contribution in [-0.4, -0.2) is 26.8 Å². The Bertz CT molecular complexity index is 522. The quantitative estimate of drug-likeness (QED) is 0.889. The van der Waals surface area contributed by atoms with E-state index in [0.29, 0.717) is 11.3 Å². The Morgan fingerprint density at radius 3 is 2.82 bits per heavy atom. The molecular formula is C13H19NO2S. The van der Waals surface area contributed by atoms with Gasteiger partial charge in [0, 0.05) is 6.04 Å². The number of rotatable bonds is 3. The van der Waals surface area contributed by atoms with E-state index in [1.165, 1.54) is 0 Å². The second-order valence-corrected chi connectivity index (χ2v) is 7.16. The van der Waals surface area contributed by atoms with Crippen molar-refractivity contribution >= 4 is 9.84 Å². The molecule has 2 unspecified atom stereocenters. The molecule has 0 aromatic heterocycles. The molecule has 0 aliphatic carbocycles. The molecule has 1 aromatic rings. The molecule has 1 heterocycles. The first-order valence-electron chi connectivity index (χ1n) is 5.98. The average molecular weight is 253 g/mol. The van der Waals surface area contributed by atoms with Crippen LogP contribution in [0.2, 0.25) is 0 Å². The van der Waals surface area contributed by atoms with Crippen molar-refractivity contribution in [2.45, 2.75) is 42.9 Å². The molecule has 3 nitrogen and oxygen atoms in total. The van der Waals surface area contributed by atoms with Gasteiger partial charge >= 0.3 is 0 Å². The van der Waals surface area contributed by atoms with Crippen molar-refractivity contribution in [2.75, 3.05) is 7.05 Å². The number of benzene rings is 1. The van der Waals surface area contributed by atoms with Crippen molar-refractivity contribution in [1.82, 2.24) is 5.32 Å². The fourth-order valence-electron chi connectivity index (χ4n) is 2.38. The van der Waals surface area contributed by atoms with Crippen LogP contribution in [0.15, 0.2) is 23.1 Å². The Labute approximate surface area is 103 Å². The van der Waals surface area contributed by atoms with E-state index in [0.717, 1.165) is 17.5 Å². The molecule has 4 heteroatoms. The van der Waals surface area contributed by atoms with Crippen molar-refractivity contribution in [3.05, 3.63) is 29.3 Å². The lowest BCUT2D eigenvalue weighted by Gasteiger charge is -2.13. The summed E-state index contributed by atoms with van der Waals surface area (Å²) >= 11 is 0. The Morgan fingerprint density at radius 1 is 1.47 bits per heavy atom. The maximum Gasteiger partial charge on any atom is 0.181 e. The predicted molar refractivity (Wildman–Crippen MR) is 69.0 cm³/mol. The van der Waals surface area contributed by atoms with Crippen molar-refractivity contribution < 1.29 is 8.42 Å². The molecule has 0 radical (unpaired) electrons. The summed E-state index contributed by atoms with van der Waals surface area (Å²) in [6.45, 7) is 3.85. The largest absolute Gasteiger partial charge is 0.317 e. The molecule has 2 rings (SSSR count). The van der Waals surface area contributed by atoms with Gasteiger partial charge in [-0.1, -0.05) is 18.2 Å². The maximum atomic E-state index is 12.3. The Morgan fingerprint density at radius 2 is 2.18 bits per heavy atom. The van der Waals surface area contributed by atoms with Gasteiger partial charge in [0.25, 0.3) is 0 Å². The first kappa shape index (κ1) is 12.6. The van der Waals surface area contributed by atoms with Gasteiger partial charge in [0.15, 0.2) is 9.84 Å². The van der Waals surface area contributed by atoms with Gasteiger partial charge < -0.3 is 5.32 Å². The third-order valence-electron chi connectivity index (χ3n) is 3.52. The molecule has 0 saturated carbocycles. The Hall–Kier alpha value is -0.870. The standard InChI is InChI=1S/C13H19NO2S/c1-9(14-3)7-11-5-4-6-12-8-10(2)17(15,16)13(11)12/h4-6,9-10,14H,7-8H2,1-3H3. The molecule has 17 heavy (non-hydrogen) atoms. The number of sulfone groups is 1. The number of hydrogen-bond acceptors (Lipinski definition) is 3. The van der Waals surface area contributed by atoms with E-state index in [-0.39, 0.29) is 11.3 Å². The molecule has 0 amide bonds. The smallest absolute Gasteiger partial charge is 0.181 e. The van der Waals surface area contributed by atoms with Crippen LogP contribution in [0.1, 0.15) is 25.0 Å². The lowest BCUT2D eigenvalue weighted by molar-refractivity contribution is 0.583. The van der Waals surface area contributed by atoms with E-state index in [2.05, 4.69) is 12.2 Å². The third-order valence-corrected chi connectivity index (χ3v) is 5.84. The van der Waals surface area contributed by atoms with Crippen LogP contribution in [0.4, 0.5) is 0 Å². The van der Waals surface area contributed by atoms with Crippen LogP contribution in [-0.2, 0) is 22.7 Å². The van der Waals surface area contributed by atoms with Gasteiger partial charge in [0.05, 0.1) is 10.1 Å². The second kappa shape index (κ2) is 4.42. The van der Waals surface area contributed by atoms with Gasteiger partial charge in [-0.15, -0.1) is 0 Å². The SMILES string of the molecule is CNC(C)Cc1cccc2c1S(=O)(=O)C(C)C2. The second-order valence-electron chi connectivity index (χ2n) is 4.86. The molecule has 1 aromatic carbocycles. The number of likely N-dealkylation sites (N-methyl/N-ethyl adjacent to an activating group) is 1. The molecule has 2 atom stereocenters. The van der Waals surface area contributed by atoms with Gasteiger partial charge in [0.1, 0.15) is 0 Å². The Kier molecular flexibility index (Phi) is 3.27. The topological polar surface area (TPSA) is 46.2 Å². The summed E-state index contributed by atoms with van der Waals surface area (Å²) in [4.78, 5) is 0.592. The minimum Gasteiger partial charge on any atom is -0.317 e.